The Kier molecular flexibility index (Phi) is 3.87. The summed E-state index contributed by atoms with van der Waals surface area (Å²) in [6.07, 6.45) is 0.416. The SMILES string of the molecule is COc1ccc2c(c1)[C@@]1(CCN(S(=O)(=O)c3c(C)noc3C)C1)C(=O)N2C. The fraction of sp³-hybridized carbons (Fsp3) is 0.444. The number of carbonyl (C=O) groups is 1. The zero-order chi connectivity index (χ0) is 19.6. The fourth-order valence-electron chi connectivity index (χ4n) is 4.21. The van der Waals surface area contributed by atoms with Gasteiger partial charge in [-0.3, -0.25) is 4.79 Å². The maximum absolute atomic E-state index is 13.2. The number of benzene rings is 1. The number of amides is 1. The molecule has 0 N–H and O–H groups in total. The van der Waals surface area contributed by atoms with Crippen LogP contribution in [0.2, 0.25) is 0 Å². The van der Waals surface area contributed by atoms with Crippen LogP contribution in [0.1, 0.15) is 23.4 Å². The van der Waals surface area contributed by atoms with Crippen LogP contribution in [0.5, 0.6) is 5.75 Å². The molecule has 2 aliphatic rings. The zero-order valence-corrected chi connectivity index (χ0v) is 16.5. The maximum Gasteiger partial charge on any atom is 0.248 e. The third-order valence-electron chi connectivity index (χ3n) is 5.59. The minimum Gasteiger partial charge on any atom is -0.497 e. The third-order valence-corrected chi connectivity index (χ3v) is 7.68. The van der Waals surface area contributed by atoms with Crippen molar-refractivity contribution in [3.05, 3.63) is 35.2 Å². The van der Waals surface area contributed by atoms with Crippen LogP contribution in [0, 0.1) is 13.8 Å². The number of likely N-dealkylation sites (N-methyl/N-ethyl adjacent to an activating group) is 1. The Balaban J connectivity index is 1.78. The molecule has 2 aromatic rings. The Morgan fingerprint density at radius 3 is 2.67 bits per heavy atom. The molecule has 0 aliphatic carbocycles. The molecule has 1 aromatic carbocycles. The smallest absolute Gasteiger partial charge is 0.248 e. The predicted molar refractivity (Wildman–Crippen MR) is 97.4 cm³/mol. The van der Waals surface area contributed by atoms with Crippen molar-refractivity contribution in [3.63, 3.8) is 0 Å². The highest BCUT2D eigenvalue weighted by Crippen LogP contribution is 2.49. The standard InChI is InChI=1S/C18H21N3O5S/c1-11-16(12(2)26-19-11)27(23,24)21-8-7-18(10-21)14-9-13(25-4)5-6-15(14)20(3)17(18)22/h5-6,9H,7-8,10H2,1-4H3/t18-/m0/s1. The van der Waals surface area contributed by atoms with E-state index >= 15 is 0 Å². The Hall–Kier alpha value is -2.39. The second kappa shape index (κ2) is 5.80. The molecule has 1 fully saturated rings. The van der Waals surface area contributed by atoms with Gasteiger partial charge in [-0.25, -0.2) is 8.42 Å². The van der Waals surface area contributed by atoms with E-state index in [9.17, 15) is 13.2 Å². The molecule has 0 saturated carbocycles. The van der Waals surface area contributed by atoms with Crippen molar-refractivity contribution in [1.29, 1.82) is 0 Å². The van der Waals surface area contributed by atoms with Gasteiger partial charge in [0.2, 0.25) is 15.9 Å². The Labute approximate surface area is 157 Å². The number of sulfonamides is 1. The summed E-state index contributed by atoms with van der Waals surface area (Å²) >= 11 is 0. The summed E-state index contributed by atoms with van der Waals surface area (Å²) in [5.74, 6) is 0.802. The number of aryl methyl sites for hydroxylation is 2. The van der Waals surface area contributed by atoms with E-state index in [1.54, 1.807) is 39.0 Å². The minimum absolute atomic E-state index is 0.0860. The first kappa shape index (κ1) is 18.0. The van der Waals surface area contributed by atoms with Gasteiger partial charge in [-0.15, -0.1) is 0 Å². The van der Waals surface area contributed by atoms with Crippen molar-refractivity contribution < 1.29 is 22.5 Å². The number of ether oxygens (including phenoxy) is 1. The van der Waals surface area contributed by atoms with E-state index < -0.39 is 15.4 Å². The maximum atomic E-state index is 13.2. The first-order valence-corrected chi connectivity index (χ1v) is 10.1. The summed E-state index contributed by atoms with van der Waals surface area (Å²) in [6, 6.07) is 5.48. The van der Waals surface area contributed by atoms with Gasteiger partial charge in [0.15, 0.2) is 5.76 Å². The number of hydrogen-bond donors (Lipinski definition) is 0. The molecule has 0 radical (unpaired) electrons. The molecule has 1 spiro atoms. The number of anilines is 1. The number of fused-ring (bicyclic) bond motifs is 2. The quantitative estimate of drug-likeness (QED) is 0.789. The molecule has 1 aromatic heterocycles. The van der Waals surface area contributed by atoms with Gasteiger partial charge in [0.05, 0.1) is 12.5 Å². The molecule has 9 heteroatoms. The number of carbonyl (C=O) groups excluding carboxylic acids is 1. The highest BCUT2D eigenvalue weighted by Gasteiger charge is 2.56. The van der Waals surface area contributed by atoms with Crippen LogP contribution in [0.15, 0.2) is 27.6 Å². The first-order chi connectivity index (χ1) is 12.7. The second-order valence-electron chi connectivity index (χ2n) is 7.07. The highest BCUT2D eigenvalue weighted by atomic mass is 32.2. The van der Waals surface area contributed by atoms with Crippen LogP contribution in [0.4, 0.5) is 5.69 Å². The van der Waals surface area contributed by atoms with E-state index in [1.165, 1.54) is 4.31 Å². The third kappa shape index (κ3) is 2.34. The summed E-state index contributed by atoms with van der Waals surface area (Å²) in [5.41, 5.74) is 1.03. The fourth-order valence-corrected chi connectivity index (χ4v) is 6.00. The van der Waals surface area contributed by atoms with Crippen molar-refractivity contribution in [2.75, 3.05) is 32.1 Å². The second-order valence-corrected chi connectivity index (χ2v) is 8.95. The van der Waals surface area contributed by atoms with E-state index in [0.717, 1.165) is 11.3 Å². The predicted octanol–water partition coefficient (Wildman–Crippen LogP) is 1.61. The lowest BCUT2D eigenvalue weighted by Gasteiger charge is -2.23. The molecular weight excluding hydrogens is 370 g/mol. The number of methoxy groups -OCH3 is 1. The molecule has 144 valence electrons. The van der Waals surface area contributed by atoms with Crippen LogP contribution >= 0.6 is 0 Å². The Morgan fingerprint density at radius 2 is 2.04 bits per heavy atom. The van der Waals surface area contributed by atoms with Gasteiger partial charge in [0.1, 0.15) is 16.3 Å². The van der Waals surface area contributed by atoms with Gasteiger partial charge in [-0.2, -0.15) is 4.31 Å². The molecule has 8 nitrogen and oxygen atoms in total. The van der Waals surface area contributed by atoms with Crippen LogP contribution in [-0.4, -0.2) is 51.0 Å². The van der Waals surface area contributed by atoms with Crippen molar-refractivity contribution >= 4 is 21.6 Å². The summed E-state index contributed by atoms with van der Waals surface area (Å²) in [7, 11) is -0.521. The van der Waals surface area contributed by atoms with Gasteiger partial charge in [0.25, 0.3) is 0 Å². The van der Waals surface area contributed by atoms with Crippen molar-refractivity contribution in [1.82, 2.24) is 9.46 Å². The number of hydrogen-bond acceptors (Lipinski definition) is 6. The summed E-state index contributed by atoms with van der Waals surface area (Å²) in [4.78, 5) is 14.8. The van der Waals surface area contributed by atoms with E-state index in [4.69, 9.17) is 9.26 Å². The highest BCUT2D eigenvalue weighted by molar-refractivity contribution is 7.89. The molecule has 1 atom stereocenters. The average Bonchev–Trinajstić information content (AvgIpc) is 3.29. The first-order valence-electron chi connectivity index (χ1n) is 8.62. The molecule has 27 heavy (non-hydrogen) atoms. The van der Waals surface area contributed by atoms with E-state index in [-0.39, 0.29) is 29.7 Å². The van der Waals surface area contributed by atoms with E-state index in [1.807, 2.05) is 12.1 Å². The van der Waals surface area contributed by atoms with Crippen LogP contribution in [0.25, 0.3) is 0 Å². The van der Waals surface area contributed by atoms with Crippen LogP contribution < -0.4 is 9.64 Å². The summed E-state index contributed by atoms with van der Waals surface area (Å²) in [5, 5.41) is 3.76. The normalized spacial score (nSPS) is 22.7. The van der Waals surface area contributed by atoms with Crippen molar-refractivity contribution in [2.24, 2.45) is 0 Å². The number of nitrogens with zero attached hydrogens (tertiary/aromatic N) is 3. The van der Waals surface area contributed by atoms with E-state index in [2.05, 4.69) is 5.16 Å². The summed E-state index contributed by atoms with van der Waals surface area (Å²) < 4.78 is 38.1. The molecule has 1 saturated heterocycles. The van der Waals surface area contributed by atoms with Gasteiger partial charge >= 0.3 is 0 Å². The van der Waals surface area contributed by atoms with Crippen molar-refractivity contribution in [3.8, 4) is 5.75 Å². The lowest BCUT2D eigenvalue weighted by molar-refractivity contribution is -0.122. The molecular formula is C18H21N3O5S. The number of rotatable bonds is 3. The van der Waals surface area contributed by atoms with Gasteiger partial charge in [-0.05, 0) is 44.0 Å². The molecule has 2 aliphatic heterocycles. The molecule has 0 bridgehead atoms. The zero-order valence-electron chi connectivity index (χ0n) is 15.6. The van der Waals surface area contributed by atoms with Gasteiger partial charge in [0, 0.05) is 25.8 Å². The van der Waals surface area contributed by atoms with Gasteiger partial charge < -0.3 is 14.2 Å². The lowest BCUT2D eigenvalue weighted by Crippen LogP contribution is -2.42. The largest absolute Gasteiger partial charge is 0.497 e. The summed E-state index contributed by atoms with van der Waals surface area (Å²) in [6.45, 7) is 3.52. The Morgan fingerprint density at radius 1 is 1.30 bits per heavy atom. The molecule has 3 heterocycles. The van der Waals surface area contributed by atoms with Crippen molar-refractivity contribution in [2.45, 2.75) is 30.6 Å². The molecule has 1 amide bonds. The lowest BCUT2D eigenvalue weighted by atomic mass is 9.81. The number of aromatic nitrogens is 1. The Bertz CT molecular complexity index is 1030. The van der Waals surface area contributed by atoms with Gasteiger partial charge in [-0.1, -0.05) is 5.16 Å². The topological polar surface area (TPSA) is 93.0 Å². The molecule has 0 unspecified atom stereocenters. The average molecular weight is 391 g/mol. The minimum atomic E-state index is -3.80. The monoisotopic (exact) mass is 391 g/mol. The molecule has 4 rings (SSSR count). The van der Waals surface area contributed by atoms with Crippen LogP contribution in [-0.2, 0) is 20.2 Å². The van der Waals surface area contributed by atoms with E-state index in [0.29, 0.717) is 17.9 Å². The van der Waals surface area contributed by atoms with Crippen LogP contribution in [0.3, 0.4) is 0 Å².